The van der Waals surface area contributed by atoms with Crippen LogP contribution in [0.2, 0.25) is 5.28 Å². The molecule has 2 atom stereocenters. The van der Waals surface area contributed by atoms with Crippen molar-refractivity contribution in [2.75, 3.05) is 18.0 Å². The molecule has 1 aromatic heterocycles. The molecule has 1 saturated heterocycles. The molecular formula is C14H23ClN4O2. The number of hydrogen-bond acceptors (Lipinski definition) is 6. The number of ether oxygens (including phenoxy) is 2. The average Bonchev–Trinajstić information content (AvgIpc) is 2.38. The van der Waals surface area contributed by atoms with Crippen molar-refractivity contribution < 1.29 is 9.47 Å². The van der Waals surface area contributed by atoms with Gasteiger partial charge in [-0.05, 0) is 39.3 Å². The van der Waals surface area contributed by atoms with Crippen LogP contribution in [0.15, 0.2) is 0 Å². The lowest BCUT2D eigenvalue weighted by molar-refractivity contribution is -0.0738. The fourth-order valence-electron chi connectivity index (χ4n) is 2.61. The van der Waals surface area contributed by atoms with Crippen molar-refractivity contribution in [1.29, 1.82) is 0 Å². The highest BCUT2D eigenvalue weighted by atomic mass is 35.5. The highest BCUT2D eigenvalue weighted by Gasteiger charge is 2.27. The van der Waals surface area contributed by atoms with Gasteiger partial charge in [-0.1, -0.05) is 0 Å². The van der Waals surface area contributed by atoms with Crippen LogP contribution in [0.3, 0.4) is 0 Å². The molecule has 1 aromatic rings. The van der Waals surface area contributed by atoms with Crippen LogP contribution in [0.4, 0.5) is 5.95 Å². The molecule has 0 radical (unpaired) electrons. The first kappa shape index (κ1) is 16.2. The minimum atomic E-state index is 0.0479. The molecule has 1 aliphatic rings. The van der Waals surface area contributed by atoms with Gasteiger partial charge >= 0.3 is 6.01 Å². The van der Waals surface area contributed by atoms with Gasteiger partial charge in [0.2, 0.25) is 11.2 Å². The molecule has 0 bridgehead atoms. The fourth-order valence-corrected chi connectivity index (χ4v) is 2.76. The van der Waals surface area contributed by atoms with Crippen LogP contribution in [-0.4, -0.2) is 46.4 Å². The molecule has 2 heterocycles. The molecule has 0 aromatic carbocycles. The van der Waals surface area contributed by atoms with Crippen LogP contribution in [0, 0.1) is 0 Å². The van der Waals surface area contributed by atoms with Crippen LogP contribution in [0.1, 0.15) is 40.5 Å². The Morgan fingerprint density at radius 3 is 2.33 bits per heavy atom. The molecule has 118 valence electrons. The number of nitrogens with zero attached hydrogens (tertiary/aromatic N) is 4. The van der Waals surface area contributed by atoms with Gasteiger partial charge in [-0.3, -0.25) is 0 Å². The molecule has 7 heteroatoms. The highest BCUT2D eigenvalue weighted by Crippen LogP contribution is 2.24. The summed E-state index contributed by atoms with van der Waals surface area (Å²) in [6.07, 6.45) is 2.06. The van der Waals surface area contributed by atoms with Crippen molar-refractivity contribution in [3.63, 3.8) is 0 Å². The lowest BCUT2D eigenvalue weighted by atomic mass is 10.0. The molecule has 2 unspecified atom stereocenters. The molecule has 0 aliphatic carbocycles. The van der Waals surface area contributed by atoms with E-state index in [1.165, 1.54) is 0 Å². The van der Waals surface area contributed by atoms with Gasteiger partial charge in [0, 0.05) is 25.9 Å². The Labute approximate surface area is 130 Å². The van der Waals surface area contributed by atoms with E-state index in [1.54, 1.807) is 0 Å². The topological polar surface area (TPSA) is 60.4 Å². The minimum Gasteiger partial charge on any atom is -0.460 e. The van der Waals surface area contributed by atoms with Gasteiger partial charge in [-0.2, -0.15) is 15.0 Å². The largest absolute Gasteiger partial charge is 0.460 e. The predicted octanol–water partition coefficient (Wildman–Crippen LogP) is 2.71. The van der Waals surface area contributed by atoms with E-state index in [0.29, 0.717) is 12.0 Å². The highest BCUT2D eigenvalue weighted by molar-refractivity contribution is 6.28. The number of aromatic nitrogens is 3. The third-order valence-electron chi connectivity index (χ3n) is 3.55. The van der Waals surface area contributed by atoms with Crippen LogP contribution in [0.25, 0.3) is 0 Å². The second-order valence-corrected chi connectivity index (χ2v) is 5.67. The van der Waals surface area contributed by atoms with Crippen molar-refractivity contribution in [2.45, 2.75) is 58.8 Å². The van der Waals surface area contributed by atoms with Crippen molar-refractivity contribution >= 4 is 17.5 Å². The van der Waals surface area contributed by atoms with Crippen molar-refractivity contribution in [1.82, 2.24) is 15.0 Å². The molecule has 6 nitrogen and oxygen atoms in total. The molecular weight excluding hydrogens is 292 g/mol. The summed E-state index contributed by atoms with van der Waals surface area (Å²) in [5.41, 5.74) is 0. The Balaban J connectivity index is 2.12. The summed E-state index contributed by atoms with van der Waals surface area (Å²) in [6.45, 7) is 9.80. The molecule has 0 spiro atoms. The lowest BCUT2D eigenvalue weighted by Gasteiger charge is -2.31. The van der Waals surface area contributed by atoms with Crippen molar-refractivity contribution in [3.05, 3.63) is 5.28 Å². The van der Waals surface area contributed by atoms with Gasteiger partial charge in [-0.25, -0.2) is 0 Å². The minimum absolute atomic E-state index is 0.0479. The summed E-state index contributed by atoms with van der Waals surface area (Å²) < 4.78 is 11.6. The summed E-state index contributed by atoms with van der Waals surface area (Å²) >= 11 is 5.99. The summed E-state index contributed by atoms with van der Waals surface area (Å²) in [7, 11) is 0. The van der Waals surface area contributed by atoms with Gasteiger partial charge in [0.1, 0.15) is 6.10 Å². The van der Waals surface area contributed by atoms with Crippen LogP contribution >= 0.6 is 11.6 Å². The predicted molar refractivity (Wildman–Crippen MR) is 82.1 cm³/mol. The van der Waals surface area contributed by atoms with Gasteiger partial charge in [-0.15, -0.1) is 0 Å². The molecule has 0 amide bonds. The smallest absolute Gasteiger partial charge is 0.322 e. The third kappa shape index (κ3) is 4.41. The Morgan fingerprint density at radius 1 is 1.14 bits per heavy atom. The van der Waals surface area contributed by atoms with E-state index in [9.17, 15) is 0 Å². The van der Waals surface area contributed by atoms with Crippen LogP contribution in [0.5, 0.6) is 6.01 Å². The average molecular weight is 315 g/mol. The molecule has 0 saturated carbocycles. The summed E-state index contributed by atoms with van der Waals surface area (Å²) in [5.74, 6) is 0.558. The fraction of sp³-hybridized carbons (Fsp3) is 0.786. The third-order valence-corrected chi connectivity index (χ3v) is 3.72. The molecule has 2 rings (SSSR count). The quantitative estimate of drug-likeness (QED) is 0.833. The Morgan fingerprint density at radius 2 is 1.76 bits per heavy atom. The maximum absolute atomic E-state index is 5.99. The van der Waals surface area contributed by atoms with Crippen molar-refractivity contribution in [2.24, 2.45) is 0 Å². The van der Waals surface area contributed by atoms with Gasteiger partial charge in [0.05, 0.1) is 12.2 Å². The van der Waals surface area contributed by atoms with E-state index in [-0.39, 0.29) is 23.6 Å². The van der Waals surface area contributed by atoms with E-state index in [0.717, 1.165) is 25.9 Å². The molecule has 1 fully saturated rings. The second kappa shape index (κ2) is 7.22. The van der Waals surface area contributed by atoms with E-state index in [1.807, 2.05) is 32.6 Å². The van der Waals surface area contributed by atoms with Gasteiger partial charge in [0.15, 0.2) is 0 Å². The maximum atomic E-state index is 5.99. The summed E-state index contributed by atoms with van der Waals surface area (Å²) in [5, 5.41) is 0.162. The zero-order chi connectivity index (χ0) is 15.4. The van der Waals surface area contributed by atoms with Crippen molar-refractivity contribution in [3.8, 4) is 6.01 Å². The van der Waals surface area contributed by atoms with Crippen LogP contribution in [-0.2, 0) is 4.74 Å². The number of hydrogen-bond donors (Lipinski definition) is 0. The molecule has 21 heavy (non-hydrogen) atoms. The van der Waals surface area contributed by atoms with E-state index < -0.39 is 0 Å². The Hall–Kier alpha value is -1.14. The number of anilines is 1. The lowest BCUT2D eigenvalue weighted by Crippen LogP contribution is -2.36. The van der Waals surface area contributed by atoms with E-state index in [4.69, 9.17) is 21.1 Å². The standard InChI is InChI=1S/C14H23ClN4O2/c1-5-19(6-2)13-16-12(15)17-14(18-13)21-11-7-9(3)20-10(4)8-11/h9-11H,5-8H2,1-4H3. The second-order valence-electron chi connectivity index (χ2n) is 5.33. The summed E-state index contributed by atoms with van der Waals surface area (Å²) in [6, 6.07) is 0.295. The van der Waals surface area contributed by atoms with Crippen LogP contribution < -0.4 is 9.64 Å². The first-order chi connectivity index (χ1) is 10.0. The Bertz CT molecular complexity index is 460. The molecule has 0 N–H and O–H groups in total. The number of rotatable bonds is 5. The molecule has 1 aliphatic heterocycles. The number of halogens is 1. The maximum Gasteiger partial charge on any atom is 0.322 e. The van der Waals surface area contributed by atoms with Gasteiger partial charge in [0.25, 0.3) is 0 Å². The first-order valence-corrected chi connectivity index (χ1v) is 7.88. The van der Waals surface area contributed by atoms with E-state index in [2.05, 4.69) is 15.0 Å². The first-order valence-electron chi connectivity index (χ1n) is 7.50. The zero-order valence-corrected chi connectivity index (χ0v) is 13.8. The Kier molecular flexibility index (Phi) is 5.58. The normalized spacial score (nSPS) is 25.7. The monoisotopic (exact) mass is 314 g/mol. The van der Waals surface area contributed by atoms with E-state index >= 15 is 0 Å². The summed E-state index contributed by atoms with van der Waals surface area (Å²) in [4.78, 5) is 14.6. The SMILES string of the molecule is CCN(CC)c1nc(Cl)nc(OC2CC(C)OC(C)C2)n1. The van der Waals surface area contributed by atoms with Gasteiger partial charge < -0.3 is 14.4 Å². The zero-order valence-electron chi connectivity index (χ0n) is 13.0.